The van der Waals surface area contributed by atoms with E-state index in [1.807, 2.05) is 12.1 Å². The Morgan fingerprint density at radius 2 is 1.82 bits per heavy atom. The fourth-order valence-electron chi connectivity index (χ4n) is 7.58. The average molecular weight is 881 g/mol. The molecule has 0 bridgehead atoms. The first kappa shape index (κ1) is 43.1. The van der Waals surface area contributed by atoms with Crippen LogP contribution in [-0.4, -0.2) is 94.3 Å². The van der Waals surface area contributed by atoms with Crippen molar-refractivity contribution in [3.63, 3.8) is 0 Å². The number of sulfonamides is 1. The van der Waals surface area contributed by atoms with E-state index in [0.29, 0.717) is 37.9 Å². The number of rotatable bonds is 13. The lowest BCUT2D eigenvalue weighted by Gasteiger charge is -2.39. The smallest absolute Gasteiger partial charge is 0.293 e. The fraction of sp³-hybridized carbons (Fsp3) is 0.381. The SMILES string of the molecule is CC1(C)CCC(CN2CCN(c3ccc(C(=O)NS(=O)(=O)c4ccc(NCC5COCCO5)c([N+](=O)[O-])c4)c(Oc4cnc(N)c(Cl)c4)c3)CC2)=C(c2ccc(Cl)cc2)C1. The molecule has 318 valence electrons. The number of amides is 1. The minimum Gasteiger partial charge on any atom is -0.455 e. The Kier molecular flexibility index (Phi) is 13.2. The molecule has 4 aromatic rings. The number of allylic oxidation sites excluding steroid dienone is 1. The molecular weight excluding hydrogens is 833 g/mol. The van der Waals surface area contributed by atoms with Gasteiger partial charge in [-0.3, -0.25) is 19.8 Å². The Labute approximate surface area is 359 Å². The van der Waals surface area contributed by atoms with Crippen molar-refractivity contribution in [3.8, 4) is 11.5 Å². The number of nitrogens with zero attached hydrogens (tertiary/aromatic N) is 4. The zero-order valence-electron chi connectivity index (χ0n) is 33.3. The Balaban J connectivity index is 1.08. The third-order valence-electron chi connectivity index (χ3n) is 10.9. The van der Waals surface area contributed by atoms with Crippen LogP contribution in [0.15, 0.2) is 83.4 Å². The summed E-state index contributed by atoms with van der Waals surface area (Å²) in [7, 11) is -4.60. The minimum absolute atomic E-state index is 0.0345. The van der Waals surface area contributed by atoms with Crippen molar-refractivity contribution in [3.05, 3.63) is 110 Å². The van der Waals surface area contributed by atoms with Crippen molar-refractivity contribution in [1.82, 2.24) is 14.6 Å². The van der Waals surface area contributed by atoms with E-state index in [9.17, 15) is 23.3 Å². The van der Waals surface area contributed by atoms with E-state index in [1.54, 1.807) is 12.1 Å². The molecule has 3 aliphatic rings. The first-order valence-electron chi connectivity index (χ1n) is 19.6. The lowest BCUT2D eigenvalue weighted by molar-refractivity contribution is -0.384. The summed E-state index contributed by atoms with van der Waals surface area (Å²) in [5, 5.41) is 15.8. The predicted octanol–water partition coefficient (Wildman–Crippen LogP) is 7.40. The summed E-state index contributed by atoms with van der Waals surface area (Å²) < 4.78 is 46.3. The molecular formula is C42H47Cl2N7O8S. The minimum atomic E-state index is -4.60. The summed E-state index contributed by atoms with van der Waals surface area (Å²) >= 11 is 12.5. The number of ether oxygens (including phenoxy) is 3. The van der Waals surface area contributed by atoms with Gasteiger partial charge in [-0.2, -0.15) is 0 Å². The summed E-state index contributed by atoms with van der Waals surface area (Å²) in [4.78, 5) is 33.3. The highest BCUT2D eigenvalue weighted by molar-refractivity contribution is 7.90. The van der Waals surface area contributed by atoms with Gasteiger partial charge >= 0.3 is 0 Å². The number of aromatic nitrogens is 1. The number of nitro groups is 1. The second kappa shape index (κ2) is 18.3. The second-order valence-corrected chi connectivity index (χ2v) is 18.4. The number of nitrogen functional groups attached to an aromatic ring is 1. The molecule has 3 aromatic carbocycles. The highest BCUT2D eigenvalue weighted by Gasteiger charge is 2.31. The number of anilines is 3. The molecule has 0 spiro atoms. The van der Waals surface area contributed by atoms with Crippen molar-refractivity contribution in [2.75, 3.05) is 75.0 Å². The average Bonchev–Trinajstić information content (AvgIpc) is 3.22. The van der Waals surface area contributed by atoms with E-state index in [1.165, 1.54) is 47.2 Å². The van der Waals surface area contributed by atoms with Crippen LogP contribution in [0.25, 0.3) is 5.57 Å². The largest absolute Gasteiger partial charge is 0.455 e. The van der Waals surface area contributed by atoms with Gasteiger partial charge in [0.1, 0.15) is 23.0 Å². The molecule has 60 heavy (non-hydrogen) atoms. The van der Waals surface area contributed by atoms with Gasteiger partial charge in [0.2, 0.25) is 0 Å². The molecule has 1 aliphatic carbocycles. The molecule has 2 fully saturated rings. The number of nitrogens with one attached hydrogen (secondary N) is 2. The molecule has 2 saturated heterocycles. The van der Waals surface area contributed by atoms with Gasteiger partial charge in [-0.1, -0.05) is 54.8 Å². The molecule has 1 amide bonds. The van der Waals surface area contributed by atoms with Gasteiger partial charge in [0.05, 0.1) is 52.5 Å². The predicted molar refractivity (Wildman–Crippen MR) is 232 cm³/mol. The molecule has 7 rings (SSSR count). The maximum Gasteiger partial charge on any atom is 0.293 e. The summed E-state index contributed by atoms with van der Waals surface area (Å²) in [5.74, 6) is -0.736. The van der Waals surface area contributed by atoms with Crippen molar-refractivity contribution in [1.29, 1.82) is 0 Å². The van der Waals surface area contributed by atoms with E-state index in [0.717, 1.165) is 50.7 Å². The lowest BCUT2D eigenvalue weighted by Crippen LogP contribution is -2.47. The van der Waals surface area contributed by atoms with Crippen LogP contribution < -0.4 is 25.4 Å². The Bertz CT molecular complexity index is 2380. The van der Waals surface area contributed by atoms with Crippen LogP contribution in [0.1, 0.15) is 49.0 Å². The molecule has 0 radical (unpaired) electrons. The highest BCUT2D eigenvalue weighted by atomic mass is 35.5. The fourth-order valence-corrected chi connectivity index (χ4v) is 8.85. The summed E-state index contributed by atoms with van der Waals surface area (Å²) in [6, 6.07) is 17.8. The van der Waals surface area contributed by atoms with Gasteiger partial charge in [0.25, 0.3) is 21.6 Å². The number of hydrogen-bond donors (Lipinski definition) is 3. The number of halogens is 2. The topological polar surface area (TPSA) is 191 Å². The maximum atomic E-state index is 13.8. The summed E-state index contributed by atoms with van der Waals surface area (Å²) in [6.45, 7) is 9.84. The van der Waals surface area contributed by atoms with E-state index >= 15 is 0 Å². The number of carbonyl (C=O) groups excluding carboxylic acids is 1. The Morgan fingerprint density at radius 3 is 2.52 bits per heavy atom. The zero-order chi connectivity index (χ0) is 42.6. The molecule has 2 aliphatic heterocycles. The van der Waals surface area contributed by atoms with Crippen LogP contribution in [0, 0.1) is 15.5 Å². The first-order chi connectivity index (χ1) is 28.6. The van der Waals surface area contributed by atoms with Gasteiger partial charge in [-0.05, 0) is 72.2 Å². The standard InChI is InChI=1S/C42H47Cl2N7O8S/c1-42(2)12-11-28(35(22-42)27-3-5-29(43)6-4-27)25-49-13-15-50(16-14-49)30-7-9-34(39(19-30)59-31-20-36(44)40(45)47-23-31)41(52)48-60(55,56)33-8-10-37(38(21-33)51(53)54)46-24-32-26-57-17-18-58-32/h3-10,19-21,23,32,46H,11-18,22,24-26H2,1-2H3,(H2,45,47)(H,48,52). The number of benzene rings is 3. The first-order valence-corrected chi connectivity index (χ1v) is 21.8. The zero-order valence-corrected chi connectivity index (χ0v) is 35.6. The number of nitrogens with two attached hydrogens (primary N) is 1. The highest BCUT2D eigenvalue weighted by Crippen LogP contribution is 2.43. The third-order valence-corrected chi connectivity index (χ3v) is 12.8. The number of nitro benzene ring substituents is 1. The van der Waals surface area contributed by atoms with Crippen LogP contribution in [-0.2, 0) is 19.5 Å². The van der Waals surface area contributed by atoms with Gasteiger partial charge in [0.15, 0.2) is 0 Å². The van der Waals surface area contributed by atoms with Crippen molar-refractivity contribution in [2.45, 2.75) is 44.1 Å². The molecule has 1 aromatic heterocycles. The summed E-state index contributed by atoms with van der Waals surface area (Å²) in [5.41, 5.74) is 10.3. The number of piperazine rings is 1. The van der Waals surface area contributed by atoms with Crippen molar-refractivity contribution in [2.24, 2.45) is 5.41 Å². The Hall–Kier alpha value is -4.97. The van der Waals surface area contributed by atoms with Gasteiger partial charge < -0.3 is 30.2 Å². The number of carbonyl (C=O) groups is 1. The van der Waals surface area contributed by atoms with Crippen LogP contribution in [0.4, 0.5) is 22.9 Å². The van der Waals surface area contributed by atoms with Gasteiger partial charge in [-0.15, -0.1) is 0 Å². The lowest BCUT2D eigenvalue weighted by atomic mass is 9.72. The molecule has 1 atom stereocenters. The van der Waals surface area contributed by atoms with Crippen LogP contribution in [0.2, 0.25) is 10.0 Å². The van der Waals surface area contributed by atoms with Crippen molar-refractivity contribution < 1.29 is 32.3 Å². The van der Waals surface area contributed by atoms with Crippen LogP contribution in [0.3, 0.4) is 0 Å². The van der Waals surface area contributed by atoms with Crippen LogP contribution in [0.5, 0.6) is 11.5 Å². The Morgan fingerprint density at radius 1 is 1.05 bits per heavy atom. The van der Waals surface area contributed by atoms with Crippen LogP contribution >= 0.6 is 23.2 Å². The quantitative estimate of drug-likeness (QED) is 0.0890. The molecule has 3 heterocycles. The molecule has 4 N–H and O–H groups in total. The molecule has 18 heteroatoms. The van der Waals surface area contributed by atoms with Gasteiger partial charge in [-0.25, -0.2) is 18.1 Å². The monoisotopic (exact) mass is 879 g/mol. The number of pyridine rings is 1. The third kappa shape index (κ3) is 10.5. The molecule has 1 unspecified atom stereocenters. The molecule has 15 nitrogen and oxygen atoms in total. The normalized spacial score (nSPS) is 18.5. The van der Waals surface area contributed by atoms with E-state index in [4.69, 9.17) is 43.1 Å². The summed E-state index contributed by atoms with van der Waals surface area (Å²) in [6.07, 6.45) is 4.15. The van der Waals surface area contributed by atoms with E-state index in [2.05, 4.69) is 50.8 Å². The molecule has 0 saturated carbocycles. The van der Waals surface area contributed by atoms with E-state index in [-0.39, 0.29) is 51.7 Å². The second-order valence-electron chi connectivity index (χ2n) is 15.8. The maximum absolute atomic E-state index is 13.8. The number of hydrogen-bond acceptors (Lipinski definition) is 13. The van der Waals surface area contributed by atoms with Gasteiger partial charge in [0, 0.05) is 68.2 Å². The van der Waals surface area contributed by atoms with Crippen molar-refractivity contribution >= 4 is 67.6 Å². The van der Waals surface area contributed by atoms with E-state index < -0.39 is 31.4 Å².